The van der Waals surface area contributed by atoms with Gasteiger partial charge in [-0.25, -0.2) is 0 Å². The number of ether oxygens (including phenoxy) is 3. The first-order valence-corrected chi connectivity index (χ1v) is 27.5. The van der Waals surface area contributed by atoms with Crippen molar-refractivity contribution < 1.29 is 23.8 Å². The summed E-state index contributed by atoms with van der Waals surface area (Å²) in [7, 11) is 0. The molecule has 0 aromatic rings. The van der Waals surface area contributed by atoms with Gasteiger partial charge in [-0.05, 0) is 109 Å². The maximum Gasteiger partial charge on any atom is 0.306 e. The number of hydrogen-bond acceptors (Lipinski definition) is 5. The average molecular weight is 893 g/mol. The van der Waals surface area contributed by atoms with E-state index in [0.29, 0.717) is 19.4 Å². The lowest BCUT2D eigenvalue weighted by Crippen LogP contribution is -2.30. The van der Waals surface area contributed by atoms with Crippen LogP contribution in [0.5, 0.6) is 0 Å². The largest absolute Gasteiger partial charge is 0.462 e. The van der Waals surface area contributed by atoms with Gasteiger partial charge in [-0.2, -0.15) is 0 Å². The highest BCUT2D eigenvalue weighted by atomic mass is 16.6. The summed E-state index contributed by atoms with van der Waals surface area (Å²) in [5.74, 6) is -0.419. The molecule has 0 N–H and O–H groups in total. The van der Waals surface area contributed by atoms with E-state index in [9.17, 15) is 9.59 Å². The van der Waals surface area contributed by atoms with Crippen molar-refractivity contribution in [2.24, 2.45) is 0 Å². The molecule has 0 aliphatic carbocycles. The van der Waals surface area contributed by atoms with Crippen LogP contribution >= 0.6 is 0 Å². The van der Waals surface area contributed by atoms with E-state index in [-0.39, 0.29) is 25.2 Å². The normalized spacial score (nSPS) is 12.7. The highest BCUT2D eigenvalue weighted by molar-refractivity contribution is 5.70. The minimum Gasteiger partial charge on any atom is -0.462 e. The van der Waals surface area contributed by atoms with E-state index in [1.54, 1.807) is 0 Å². The number of carbonyl (C=O) groups is 2. The van der Waals surface area contributed by atoms with Crippen molar-refractivity contribution in [2.45, 2.75) is 271 Å². The Bertz CT molecular complexity index is 1150. The van der Waals surface area contributed by atoms with Crippen LogP contribution in [-0.2, 0) is 23.8 Å². The van der Waals surface area contributed by atoms with Gasteiger partial charge < -0.3 is 14.2 Å². The lowest BCUT2D eigenvalue weighted by Gasteiger charge is -2.18. The molecule has 0 amide bonds. The van der Waals surface area contributed by atoms with Gasteiger partial charge in [-0.1, -0.05) is 216 Å². The third kappa shape index (κ3) is 52.0. The summed E-state index contributed by atoms with van der Waals surface area (Å²) in [5, 5.41) is 0. The number of rotatable bonds is 50. The van der Waals surface area contributed by atoms with E-state index >= 15 is 0 Å². The van der Waals surface area contributed by atoms with Crippen LogP contribution in [0.1, 0.15) is 265 Å². The molecule has 1 unspecified atom stereocenters. The third-order valence-electron chi connectivity index (χ3n) is 11.7. The summed E-state index contributed by atoms with van der Waals surface area (Å²) >= 11 is 0. The molecular formula is C59H104O5. The minimum absolute atomic E-state index is 0.0711. The monoisotopic (exact) mass is 893 g/mol. The molecule has 1 atom stereocenters. The van der Waals surface area contributed by atoms with Crippen LogP contribution in [-0.4, -0.2) is 37.9 Å². The molecule has 0 rings (SSSR count). The second-order valence-electron chi connectivity index (χ2n) is 18.1. The molecule has 0 aromatic heterocycles. The van der Waals surface area contributed by atoms with Crippen LogP contribution in [0, 0.1) is 0 Å². The van der Waals surface area contributed by atoms with Crippen molar-refractivity contribution in [1.82, 2.24) is 0 Å². The third-order valence-corrected chi connectivity index (χ3v) is 11.7. The van der Waals surface area contributed by atoms with Crippen LogP contribution in [0.2, 0.25) is 0 Å². The van der Waals surface area contributed by atoms with Gasteiger partial charge in [0.1, 0.15) is 6.61 Å². The van der Waals surface area contributed by atoms with Crippen molar-refractivity contribution in [3.63, 3.8) is 0 Å². The van der Waals surface area contributed by atoms with Gasteiger partial charge in [0.25, 0.3) is 0 Å². The average Bonchev–Trinajstić information content (AvgIpc) is 3.30. The van der Waals surface area contributed by atoms with E-state index in [1.807, 2.05) is 0 Å². The van der Waals surface area contributed by atoms with E-state index in [4.69, 9.17) is 14.2 Å². The molecule has 0 saturated carbocycles. The van der Waals surface area contributed by atoms with Crippen molar-refractivity contribution >= 4 is 11.9 Å². The highest BCUT2D eigenvalue weighted by Gasteiger charge is 2.17. The van der Waals surface area contributed by atoms with Crippen LogP contribution in [0.25, 0.3) is 0 Å². The van der Waals surface area contributed by atoms with E-state index in [0.717, 1.165) is 89.9 Å². The van der Waals surface area contributed by atoms with Crippen molar-refractivity contribution in [1.29, 1.82) is 0 Å². The predicted molar refractivity (Wildman–Crippen MR) is 279 cm³/mol. The van der Waals surface area contributed by atoms with Crippen molar-refractivity contribution in [3.8, 4) is 0 Å². The molecular weight excluding hydrogens is 789 g/mol. The number of esters is 2. The Morgan fingerprint density at radius 3 is 1.17 bits per heavy atom. The summed E-state index contributed by atoms with van der Waals surface area (Å²) in [6.45, 7) is 7.67. The molecule has 370 valence electrons. The van der Waals surface area contributed by atoms with Gasteiger partial charge in [0.05, 0.1) is 6.61 Å². The van der Waals surface area contributed by atoms with Gasteiger partial charge in [0.2, 0.25) is 0 Å². The zero-order valence-corrected chi connectivity index (χ0v) is 42.5. The van der Waals surface area contributed by atoms with Crippen LogP contribution in [0.15, 0.2) is 72.9 Å². The lowest BCUT2D eigenvalue weighted by atomic mass is 10.1. The molecule has 0 aromatic carbocycles. The Morgan fingerprint density at radius 1 is 0.359 bits per heavy atom. The Kier molecular flexibility index (Phi) is 52.4. The minimum atomic E-state index is -0.552. The zero-order chi connectivity index (χ0) is 46.3. The van der Waals surface area contributed by atoms with Gasteiger partial charge in [-0.15, -0.1) is 0 Å². The van der Waals surface area contributed by atoms with Crippen LogP contribution in [0.3, 0.4) is 0 Å². The molecule has 0 saturated heterocycles. The van der Waals surface area contributed by atoms with E-state index < -0.39 is 6.10 Å². The smallest absolute Gasteiger partial charge is 0.306 e. The molecule has 0 heterocycles. The van der Waals surface area contributed by atoms with Gasteiger partial charge in [0, 0.05) is 19.4 Å². The van der Waals surface area contributed by atoms with E-state index in [2.05, 4.69) is 93.7 Å². The fourth-order valence-electron chi connectivity index (χ4n) is 7.61. The lowest BCUT2D eigenvalue weighted by molar-refractivity contribution is -0.163. The number of allylic oxidation sites excluding steroid dienone is 12. The molecule has 64 heavy (non-hydrogen) atoms. The molecule has 0 bridgehead atoms. The van der Waals surface area contributed by atoms with Gasteiger partial charge in [0.15, 0.2) is 6.10 Å². The number of carbonyl (C=O) groups excluding carboxylic acids is 2. The number of hydrogen-bond donors (Lipinski definition) is 0. The highest BCUT2D eigenvalue weighted by Crippen LogP contribution is 2.14. The first-order valence-electron chi connectivity index (χ1n) is 27.5. The zero-order valence-electron chi connectivity index (χ0n) is 42.5. The van der Waals surface area contributed by atoms with E-state index in [1.165, 1.54) is 141 Å². The molecule has 5 heteroatoms. The molecule has 0 radical (unpaired) electrons. The van der Waals surface area contributed by atoms with Crippen molar-refractivity contribution in [2.75, 3.05) is 19.8 Å². The Labute approximate surface area is 397 Å². The SMILES string of the molecule is CC/C=C\C/C=C\C/C=C\CCCCCCCCCC(=O)OCC(COCCCCCCCC/C=C\C/C=C\CCCCC)OC(=O)CCCCCCC/C=C\CCCCCCCC. The van der Waals surface area contributed by atoms with Gasteiger partial charge >= 0.3 is 11.9 Å². The molecule has 0 fully saturated rings. The maximum absolute atomic E-state index is 12.8. The second-order valence-corrected chi connectivity index (χ2v) is 18.1. The van der Waals surface area contributed by atoms with Crippen molar-refractivity contribution in [3.05, 3.63) is 72.9 Å². The fraction of sp³-hybridized carbons (Fsp3) is 0.763. The fourth-order valence-corrected chi connectivity index (χ4v) is 7.61. The Balaban J connectivity index is 4.31. The maximum atomic E-state index is 12.8. The van der Waals surface area contributed by atoms with Crippen LogP contribution < -0.4 is 0 Å². The summed E-state index contributed by atoms with van der Waals surface area (Å²) in [5.41, 5.74) is 0. The Hall–Kier alpha value is -2.66. The summed E-state index contributed by atoms with van der Waals surface area (Å²) in [6.07, 6.45) is 70.5. The predicted octanol–water partition coefficient (Wildman–Crippen LogP) is 18.7. The summed E-state index contributed by atoms with van der Waals surface area (Å²) in [4.78, 5) is 25.5. The first kappa shape index (κ1) is 61.3. The number of unbranched alkanes of at least 4 members (excludes halogenated alkanes) is 27. The quantitative estimate of drug-likeness (QED) is 0.0346. The molecule has 5 nitrogen and oxygen atoms in total. The summed E-state index contributed by atoms with van der Waals surface area (Å²) in [6, 6.07) is 0. The first-order chi connectivity index (χ1) is 31.6. The molecule has 0 aliphatic heterocycles. The molecule has 0 aliphatic rings. The topological polar surface area (TPSA) is 61.8 Å². The standard InChI is InChI=1S/C59H104O5/c1-4-7-10-13-16-19-22-25-28-30-32-34-37-40-43-46-49-52-58(60)63-56-57(55-62-54-51-48-45-42-39-36-33-29-26-23-20-17-14-11-8-5-2)64-59(61)53-50-47-44-41-38-35-31-27-24-21-18-15-12-9-6-3/h7,10,16-17,19-20,25-29,31,57H,4-6,8-9,11-15,18,21-24,30,32-56H2,1-3H3/b10-7-,19-16-,20-17-,28-25-,29-26-,31-27-. The van der Waals surface area contributed by atoms with Gasteiger partial charge in [-0.3, -0.25) is 9.59 Å². The summed E-state index contributed by atoms with van der Waals surface area (Å²) < 4.78 is 17.4. The Morgan fingerprint density at radius 2 is 0.703 bits per heavy atom. The van der Waals surface area contributed by atoms with Crippen LogP contribution in [0.4, 0.5) is 0 Å². The molecule has 0 spiro atoms. The second kappa shape index (κ2) is 54.7.